The van der Waals surface area contributed by atoms with Crippen LogP contribution in [0.15, 0.2) is 54.6 Å². The third-order valence-electron chi connectivity index (χ3n) is 4.30. The zero-order chi connectivity index (χ0) is 20.9. The first-order valence-electron chi connectivity index (χ1n) is 9.03. The third-order valence-corrected chi connectivity index (χ3v) is 5.41. The van der Waals surface area contributed by atoms with Crippen LogP contribution in [0.1, 0.15) is 32.1 Å². The first-order valence-corrected chi connectivity index (χ1v) is 9.85. The lowest BCUT2D eigenvalue weighted by atomic mass is 10.1. The van der Waals surface area contributed by atoms with Crippen molar-refractivity contribution in [2.24, 2.45) is 0 Å². The number of hydrogen-bond acceptors (Lipinski definition) is 4. The summed E-state index contributed by atoms with van der Waals surface area (Å²) in [6, 6.07) is 15.2. The number of halogens is 3. The van der Waals surface area contributed by atoms with E-state index >= 15 is 0 Å². The molecule has 0 radical (unpaired) electrons. The molecule has 1 aromatic heterocycles. The fourth-order valence-electron chi connectivity index (χ4n) is 2.85. The highest BCUT2D eigenvalue weighted by atomic mass is 32.1. The Morgan fingerprint density at radius 3 is 2.48 bits per heavy atom. The van der Waals surface area contributed by atoms with E-state index in [1.807, 2.05) is 30.3 Å². The van der Waals surface area contributed by atoms with E-state index < -0.39 is 17.6 Å². The Morgan fingerprint density at radius 1 is 1.07 bits per heavy atom. The van der Waals surface area contributed by atoms with Gasteiger partial charge in [0.15, 0.2) is 5.13 Å². The smallest absolute Gasteiger partial charge is 0.361 e. The molecule has 1 heterocycles. The van der Waals surface area contributed by atoms with Crippen molar-refractivity contribution in [3.05, 3.63) is 81.9 Å². The summed E-state index contributed by atoms with van der Waals surface area (Å²) in [5.41, 5.74) is 1.01. The Labute approximate surface area is 170 Å². The quantitative estimate of drug-likeness (QED) is 0.563. The number of nitrogens with one attached hydrogen (secondary N) is 2. The van der Waals surface area contributed by atoms with Crippen molar-refractivity contribution in [2.45, 2.75) is 26.1 Å². The Kier molecular flexibility index (Phi) is 6.53. The fraction of sp³-hybridized carbons (Fsp3) is 0.238. The normalized spacial score (nSPS) is 11.3. The number of anilines is 1. The monoisotopic (exact) mass is 419 g/mol. The van der Waals surface area contributed by atoms with E-state index in [2.05, 4.69) is 15.6 Å². The average molecular weight is 419 g/mol. The molecule has 0 saturated carbocycles. The van der Waals surface area contributed by atoms with Gasteiger partial charge in [-0.25, -0.2) is 4.98 Å². The van der Waals surface area contributed by atoms with E-state index in [1.165, 1.54) is 35.1 Å². The van der Waals surface area contributed by atoms with Crippen LogP contribution < -0.4 is 10.6 Å². The van der Waals surface area contributed by atoms with E-state index in [9.17, 15) is 18.0 Å². The second-order valence-corrected chi connectivity index (χ2v) is 7.43. The summed E-state index contributed by atoms with van der Waals surface area (Å²) in [5, 5.41) is 6.37. The molecule has 0 unspecified atom stereocenters. The van der Waals surface area contributed by atoms with Crippen LogP contribution in [-0.2, 0) is 19.1 Å². The first kappa shape index (κ1) is 20.9. The van der Waals surface area contributed by atoms with Crippen molar-refractivity contribution in [1.29, 1.82) is 0 Å². The molecule has 1 amide bonds. The van der Waals surface area contributed by atoms with Crippen molar-refractivity contribution in [3.8, 4) is 0 Å². The average Bonchev–Trinajstić information content (AvgIpc) is 3.07. The van der Waals surface area contributed by atoms with Gasteiger partial charge in [-0.1, -0.05) is 59.9 Å². The number of carbonyl (C=O) groups is 1. The minimum absolute atomic E-state index is 0.0247. The van der Waals surface area contributed by atoms with Crippen LogP contribution in [0, 0.1) is 6.92 Å². The van der Waals surface area contributed by atoms with Gasteiger partial charge in [0.2, 0.25) is 0 Å². The molecule has 0 atom stereocenters. The minimum Gasteiger partial charge on any atom is -0.361 e. The number of aryl methyl sites for hydroxylation is 1. The second kappa shape index (κ2) is 9.09. The van der Waals surface area contributed by atoms with E-state index in [0.717, 1.165) is 12.5 Å². The van der Waals surface area contributed by atoms with Gasteiger partial charge in [0.1, 0.15) is 4.88 Å². The van der Waals surface area contributed by atoms with Gasteiger partial charge in [-0.3, -0.25) is 4.79 Å². The maximum Gasteiger partial charge on any atom is 0.416 e. The largest absolute Gasteiger partial charge is 0.416 e. The molecule has 0 fully saturated rings. The molecule has 0 aliphatic heterocycles. The first-order chi connectivity index (χ1) is 13.8. The Morgan fingerprint density at radius 2 is 1.76 bits per heavy atom. The predicted molar refractivity (Wildman–Crippen MR) is 108 cm³/mol. The van der Waals surface area contributed by atoms with Crippen LogP contribution >= 0.6 is 11.3 Å². The molecule has 8 heteroatoms. The van der Waals surface area contributed by atoms with Gasteiger partial charge in [-0.2, -0.15) is 13.2 Å². The summed E-state index contributed by atoms with van der Waals surface area (Å²) in [6.07, 6.45) is -3.65. The molecular formula is C21H20F3N3OS. The van der Waals surface area contributed by atoms with Crippen molar-refractivity contribution in [1.82, 2.24) is 10.3 Å². The summed E-state index contributed by atoms with van der Waals surface area (Å²) in [7, 11) is 0. The molecule has 29 heavy (non-hydrogen) atoms. The van der Waals surface area contributed by atoms with Crippen LogP contribution in [0.2, 0.25) is 0 Å². The summed E-state index contributed by atoms with van der Waals surface area (Å²) in [6.45, 7) is 2.16. The number of nitrogens with zero attached hydrogens (tertiary/aromatic N) is 1. The van der Waals surface area contributed by atoms with Crippen LogP contribution in [0.3, 0.4) is 0 Å². The van der Waals surface area contributed by atoms with Gasteiger partial charge in [-0.15, -0.1) is 0 Å². The lowest BCUT2D eigenvalue weighted by Gasteiger charge is -2.13. The molecule has 2 aromatic carbocycles. The maximum absolute atomic E-state index is 13.1. The van der Waals surface area contributed by atoms with Gasteiger partial charge < -0.3 is 10.6 Å². The van der Waals surface area contributed by atoms with Crippen molar-refractivity contribution < 1.29 is 18.0 Å². The SMILES string of the molecule is Cc1nc(NCCc2ccccc2)sc1C(=O)NCc1ccccc1C(F)(F)F. The van der Waals surface area contributed by atoms with Gasteiger partial charge in [0.05, 0.1) is 11.3 Å². The number of aromatic nitrogens is 1. The molecule has 0 spiro atoms. The topological polar surface area (TPSA) is 54.0 Å². The van der Waals surface area contributed by atoms with Crippen LogP contribution in [-0.4, -0.2) is 17.4 Å². The van der Waals surface area contributed by atoms with E-state index in [1.54, 1.807) is 6.92 Å². The lowest BCUT2D eigenvalue weighted by molar-refractivity contribution is -0.138. The van der Waals surface area contributed by atoms with E-state index in [4.69, 9.17) is 0 Å². The number of carbonyl (C=O) groups excluding carboxylic acids is 1. The third kappa shape index (κ3) is 5.57. The maximum atomic E-state index is 13.1. The number of benzene rings is 2. The van der Waals surface area contributed by atoms with Crippen LogP contribution in [0.4, 0.5) is 18.3 Å². The van der Waals surface area contributed by atoms with Gasteiger partial charge >= 0.3 is 6.18 Å². The molecular weight excluding hydrogens is 399 g/mol. The molecule has 0 aliphatic rings. The lowest BCUT2D eigenvalue weighted by Crippen LogP contribution is -2.24. The zero-order valence-electron chi connectivity index (χ0n) is 15.7. The molecule has 2 N–H and O–H groups in total. The van der Waals surface area contributed by atoms with Gasteiger partial charge in [-0.05, 0) is 30.5 Å². The number of hydrogen-bond donors (Lipinski definition) is 2. The summed E-state index contributed by atoms with van der Waals surface area (Å²) in [5.74, 6) is -0.437. The number of rotatable bonds is 7. The Balaban J connectivity index is 1.59. The van der Waals surface area contributed by atoms with Gasteiger partial charge in [0.25, 0.3) is 5.91 Å². The molecule has 3 aromatic rings. The molecule has 0 saturated heterocycles. The molecule has 0 aliphatic carbocycles. The summed E-state index contributed by atoms with van der Waals surface area (Å²) in [4.78, 5) is 17.2. The predicted octanol–water partition coefficient (Wildman–Crippen LogP) is 5.05. The van der Waals surface area contributed by atoms with E-state index in [0.29, 0.717) is 22.2 Å². The number of amides is 1. The molecule has 0 bridgehead atoms. The second-order valence-electron chi connectivity index (χ2n) is 6.43. The zero-order valence-corrected chi connectivity index (χ0v) is 16.5. The fourth-order valence-corrected chi connectivity index (χ4v) is 3.76. The Hall–Kier alpha value is -2.87. The minimum atomic E-state index is -4.46. The highest BCUT2D eigenvalue weighted by molar-refractivity contribution is 7.17. The van der Waals surface area contributed by atoms with Gasteiger partial charge in [0, 0.05) is 13.1 Å². The van der Waals surface area contributed by atoms with Crippen molar-refractivity contribution in [2.75, 3.05) is 11.9 Å². The van der Waals surface area contributed by atoms with Crippen LogP contribution in [0.25, 0.3) is 0 Å². The highest BCUT2D eigenvalue weighted by Crippen LogP contribution is 2.32. The number of alkyl halides is 3. The van der Waals surface area contributed by atoms with E-state index in [-0.39, 0.29) is 12.1 Å². The number of thiazole rings is 1. The van der Waals surface area contributed by atoms with Crippen molar-refractivity contribution >= 4 is 22.4 Å². The van der Waals surface area contributed by atoms with Crippen molar-refractivity contribution in [3.63, 3.8) is 0 Å². The molecule has 4 nitrogen and oxygen atoms in total. The Bertz CT molecular complexity index is 971. The van der Waals surface area contributed by atoms with Crippen LogP contribution in [0.5, 0.6) is 0 Å². The highest BCUT2D eigenvalue weighted by Gasteiger charge is 2.32. The molecule has 152 valence electrons. The standard InChI is InChI=1S/C21H20F3N3OS/c1-14-18(29-20(27-14)25-12-11-15-7-3-2-4-8-15)19(28)26-13-16-9-5-6-10-17(16)21(22,23)24/h2-10H,11-13H2,1H3,(H,25,27)(H,26,28). The summed E-state index contributed by atoms with van der Waals surface area (Å²) >= 11 is 1.19. The molecule has 3 rings (SSSR count). The summed E-state index contributed by atoms with van der Waals surface area (Å²) < 4.78 is 39.2.